The smallest absolute Gasteiger partial charge is 0.197 e. The fourth-order valence-corrected chi connectivity index (χ4v) is 1.47. The predicted molar refractivity (Wildman–Crippen MR) is 49.4 cm³/mol. The third kappa shape index (κ3) is 1.75. The molecule has 0 amide bonds. The Bertz CT molecular complexity index is 355. The number of aliphatic hydroxyl groups excluding tert-OH is 2. The third-order valence-electron chi connectivity index (χ3n) is 2.25. The zero-order chi connectivity index (χ0) is 10.8. The average Bonchev–Trinajstić information content (AvgIpc) is 2.28. The van der Waals surface area contributed by atoms with E-state index in [0.717, 1.165) is 0 Å². The molecule has 0 aliphatic carbocycles. The quantitative estimate of drug-likeness (QED) is 0.744. The number of ether oxygens (including phenoxy) is 2. The molecule has 0 unspecified atom stereocenters. The van der Waals surface area contributed by atoms with Crippen LogP contribution >= 0.6 is 0 Å². The molecule has 1 aliphatic heterocycles. The number of rotatable bonds is 2. The molecular weight excluding hydrogens is 203 g/mol. The van der Waals surface area contributed by atoms with Gasteiger partial charge in [-0.3, -0.25) is 0 Å². The summed E-state index contributed by atoms with van der Waals surface area (Å²) in [4.78, 5) is 0. The van der Waals surface area contributed by atoms with E-state index < -0.39 is 18.0 Å². The van der Waals surface area contributed by atoms with Gasteiger partial charge in [-0.05, 0) is 12.1 Å². The molecule has 0 radical (unpaired) electrons. The summed E-state index contributed by atoms with van der Waals surface area (Å²) in [5.41, 5.74) is 0. The fourth-order valence-electron chi connectivity index (χ4n) is 1.47. The Labute approximate surface area is 85.9 Å². The van der Waals surface area contributed by atoms with Crippen molar-refractivity contribution in [1.29, 1.82) is 0 Å². The van der Waals surface area contributed by atoms with Gasteiger partial charge >= 0.3 is 0 Å². The van der Waals surface area contributed by atoms with E-state index in [9.17, 15) is 4.39 Å². The Balaban J connectivity index is 2.33. The maximum atomic E-state index is 13.3. The van der Waals surface area contributed by atoms with Crippen LogP contribution in [0.4, 0.5) is 4.39 Å². The molecule has 15 heavy (non-hydrogen) atoms. The largest absolute Gasteiger partial charge is 0.480 e. The molecule has 1 aromatic carbocycles. The van der Waals surface area contributed by atoms with Gasteiger partial charge in [-0.15, -0.1) is 0 Å². The van der Waals surface area contributed by atoms with Crippen molar-refractivity contribution in [3.8, 4) is 11.5 Å². The molecule has 0 aromatic heterocycles. The number of hydrogen-bond acceptors (Lipinski definition) is 4. The predicted octanol–water partition coefficient (Wildman–Crippen LogP) is 0.319. The highest BCUT2D eigenvalue weighted by molar-refractivity contribution is 5.42. The fraction of sp³-hybridized carbons (Fsp3) is 0.400. The summed E-state index contributed by atoms with van der Waals surface area (Å²) >= 11 is 0. The van der Waals surface area contributed by atoms with Crippen molar-refractivity contribution in [3.63, 3.8) is 0 Å². The summed E-state index contributed by atoms with van der Waals surface area (Å²) in [7, 11) is 0. The second kappa shape index (κ2) is 4.04. The summed E-state index contributed by atoms with van der Waals surface area (Å²) < 4.78 is 23.8. The molecule has 4 nitrogen and oxygen atoms in total. The first-order valence-electron chi connectivity index (χ1n) is 4.59. The van der Waals surface area contributed by atoms with Crippen molar-refractivity contribution in [2.24, 2.45) is 0 Å². The lowest BCUT2D eigenvalue weighted by molar-refractivity contribution is -0.0373. The van der Waals surface area contributed by atoms with Crippen LogP contribution in [0.5, 0.6) is 11.5 Å². The van der Waals surface area contributed by atoms with Gasteiger partial charge < -0.3 is 19.7 Å². The lowest BCUT2D eigenvalue weighted by Gasteiger charge is -2.31. The van der Waals surface area contributed by atoms with Gasteiger partial charge in [0.05, 0.1) is 13.2 Å². The Morgan fingerprint density at radius 2 is 1.80 bits per heavy atom. The number of benzene rings is 1. The maximum Gasteiger partial charge on any atom is 0.197 e. The highest BCUT2D eigenvalue weighted by atomic mass is 19.1. The van der Waals surface area contributed by atoms with Gasteiger partial charge in [0.1, 0.15) is 0 Å². The maximum absolute atomic E-state index is 13.3. The van der Waals surface area contributed by atoms with E-state index in [0.29, 0.717) is 0 Å². The second-order valence-electron chi connectivity index (χ2n) is 3.24. The summed E-state index contributed by atoms with van der Waals surface area (Å²) in [6, 6.07) is 4.29. The molecule has 5 heteroatoms. The van der Waals surface area contributed by atoms with Crippen LogP contribution in [0.3, 0.4) is 0 Å². The summed E-state index contributed by atoms with van der Waals surface area (Å²) in [5, 5.41) is 17.9. The Hall–Kier alpha value is -1.33. The van der Waals surface area contributed by atoms with Crippen LogP contribution in [0.2, 0.25) is 0 Å². The average molecular weight is 214 g/mol. The topological polar surface area (TPSA) is 58.9 Å². The van der Waals surface area contributed by atoms with Crippen LogP contribution in [-0.4, -0.2) is 35.6 Å². The van der Waals surface area contributed by atoms with Crippen molar-refractivity contribution in [3.05, 3.63) is 24.0 Å². The molecule has 2 N–H and O–H groups in total. The minimum Gasteiger partial charge on any atom is -0.480 e. The molecular formula is C10H11FO4. The van der Waals surface area contributed by atoms with Gasteiger partial charge in [0.25, 0.3) is 0 Å². The van der Waals surface area contributed by atoms with Crippen LogP contribution < -0.4 is 9.47 Å². The van der Waals surface area contributed by atoms with Gasteiger partial charge in [-0.2, -0.15) is 0 Å². The van der Waals surface area contributed by atoms with E-state index in [1.807, 2.05) is 0 Å². The van der Waals surface area contributed by atoms with E-state index in [-0.39, 0.29) is 24.7 Å². The van der Waals surface area contributed by atoms with Crippen LogP contribution in [-0.2, 0) is 0 Å². The van der Waals surface area contributed by atoms with Crippen molar-refractivity contribution in [1.82, 2.24) is 0 Å². The van der Waals surface area contributed by atoms with Crippen molar-refractivity contribution in [2.75, 3.05) is 13.2 Å². The van der Waals surface area contributed by atoms with Crippen molar-refractivity contribution in [2.45, 2.75) is 12.2 Å². The van der Waals surface area contributed by atoms with Crippen molar-refractivity contribution >= 4 is 0 Å². The van der Waals surface area contributed by atoms with E-state index in [2.05, 4.69) is 0 Å². The SMILES string of the molecule is OC[C@H]1Oc2cccc(F)c2O[C@@H]1CO. The third-order valence-corrected chi connectivity index (χ3v) is 2.25. The summed E-state index contributed by atoms with van der Waals surface area (Å²) in [6.45, 7) is -0.625. The number of halogens is 1. The van der Waals surface area contributed by atoms with Crippen LogP contribution in [0, 0.1) is 5.82 Å². The van der Waals surface area contributed by atoms with Gasteiger partial charge in [-0.1, -0.05) is 6.07 Å². The normalized spacial score (nSPS) is 23.9. The Morgan fingerprint density at radius 1 is 1.13 bits per heavy atom. The van der Waals surface area contributed by atoms with E-state index in [4.69, 9.17) is 19.7 Å². The first kappa shape index (κ1) is 10.2. The monoisotopic (exact) mass is 214 g/mol. The highest BCUT2D eigenvalue weighted by Gasteiger charge is 2.32. The van der Waals surface area contributed by atoms with Gasteiger partial charge in [0.2, 0.25) is 0 Å². The molecule has 0 fully saturated rings. The number of aliphatic hydroxyl groups is 2. The molecule has 0 bridgehead atoms. The van der Waals surface area contributed by atoms with Crippen molar-refractivity contribution < 1.29 is 24.1 Å². The number of hydrogen-bond donors (Lipinski definition) is 2. The zero-order valence-electron chi connectivity index (χ0n) is 7.89. The number of fused-ring (bicyclic) bond motifs is 1. The Kier molecular flexibility index (Phi) is 2.75. The minimum atomic E-state index is -0.737. The lowest BCUT2D eigenvalue weighted by Crippen LogP contribution is -2.44. The number of para-hydroxylation sites is 1. The van der Waals surface area contributed by atoms with Crippen LogP contribution in [0.1, 0.15) is 0 Å². The second-order valence-corrected chi connectivity index (χ2v) is 3.24. The molecule has 0 saturated carbocycles. The zero-order valence-corrected chi connectivity index (χ0v) is 7.89. The standard InChI is InChI=1S/C10H11FO4/c11-6-2-1-3-7-10(6)15-9(5-13)8(4-12)14-7/h1-3,8-9,12-13H,4-5H2/t8-,9-/m1/s1. The molecule has 2 rings (SSSR count). The first-order valence-corrected chi connectivity index (χ1v) is 4.59. The van der Waals surface area contributed by atoms with E-state index in [1.54, 1.807) is 6.07 Å². The summed E-state index contributed by atoms with van der Waals surface area (Å²) in [5.74, 6) is -0.303. The van der Waals surface area contributed by atoms with E-state index >= 15 is 0 Å². The summed E-state index contributed by atoms with van der Waals surface area (Å²) in [6.07, 6.45) is -1.40. The molecule has 1 heterocycles. The first-order chi connectivity index (χ1) is 7.26. The van der Waals surface area contributed by atoms with Gasteiger partial charge in [0, 0.05) is 0 Å². The molecule has 1 aliphatic rings. The molecule has 0 saturated heterocycles. The van der Waals surface area contributed by atoms with Crippen LogP contribution in [0.15, 0.2) is 18.2 Å². The highest BCUT2D eigenvalue weighted by Crippen LogP contribution is 2.35. The van der Waals surface area contributed by atoms with Gasteiger partial charge in [-0.25, -0.2) is 4.39 Å². The van der Waals surface area contributed by atoms with E-state index in [1.165, 1.54) is 12.1 Å². The minimum absolute atomic E-state index is 0.0127. The Morgan fingerprint density at radius 3 is 2.47 bits per heavy atom. The molecule has 0 spiro atoms. The van der Waals surface area contributed by atoms with Gasteiger partial charge in [0.15, 0.2) is 29.5 Å². The molecule has 2 atom stereocenters. The lowest BCUT2D eigenvalue weighted by atomic mass is 10.2. The molecule has 82 valence electrons. The molecule has 1 aromatic rings. The van der Waals surface area contributed by atoms with Crippen LogP contribution in [0.25, 0.3) is 0 Å².